The fraction of sp³-hybridized carbons (Fsp3) is 0. The van der Waals surface area contributed by atoms with Crippen LogP contribution in [0.4, 0.5) is 0 Å². The number of rotatable bonds is 0. The fourth-order valence-electron chi connectivity index (χ4n) is 0. The molecule has 0 aliphatic rings. The van der Waals surface area contributed by atoms with E-state index in [9.17, 15) is 0 Å². The van der Waals surface area contributed by atoms with Gasteiger partial charge in [0.05, 0.1) is 0 Å². The van der Waals surface area contributed by atoms with Crippen LogP contribution in [0.5, 0.6) is 0 Å². The Balaban J connectivity index is -0.0000000139. The molecule has 0 spiro atoms. The van der Waals surface area contributed by atoms with E-state index in [1.165, 1.54) is 0 Å². The van der Waals surface area contributed by atoms with Crippen LogP contribution in [0.25, 0.3) is 0 Å². The zero-order chi connectivity index (χ0) is 16.1. The molecule has 0 unspecified atom stereocenters. The molecule has 0 saturated heterocycles. The van der Waals surface area contributed by atoms with Gasteiger partial charge in [-0.2, -0.15) is 10.5 Å². The third-order valence-corrected chi connectivity index (χ3v) is 0. The summed E-state index contributed by atoms with van der Waals surface area (Å²) < 4.78 is 16.8. The number of aliphatic hydroxyl groups is 2. The van der Waals surface area contributed by atoms with Gasteiger partial charge in [0.15, 0.2) is 0 Å². The van der Waals surface area contributed by atoms with Gasteiger partial charge in [-0.25, -0.2) is 0 Å². The predicted molar refractivity (Wildman–Crippen MR) is 36.3 cm³/mol. The Hall–Kier alpha value is -3.34. The topological polar surface area (TPSA) is 217 Å². The molecule has 0 atom stereocenters. The summed E-state index contributed by atoms with van der Waals surface area (Å²) in [5.74, 6) is 0. The van der Waals surface area contributed by atoms with E-state index in [-0.39, 0.29) is 0 Å². The number of aliphatic hydroxyl groups excluding tert-OH is 2. The first-order valence-corrected chi connectivity index (χ1v) is 3.06. The van der Waals surface area contributed by atoms with Crippen molar-refractivity contribution in [1.29, 1.82) is 31.6 Å². The zero-order valence-corrected chi connectivity index (χ0v) is 8.95. The van der Waals surface area contributed by atoms with Crippen molar-refractivity contribution in [2.45, 2.75) is 0 Å². The molecule has 0 aliphatic carbocycles. The maximum atomic E-state index is 8.41. The van der Waals surface area contributed by atoms with E-state index in [1.54, 1.807) is 0 Å². The molecule has 0 rings (SSSR count). The average molecular weight is 277 g/mol. The molecule has 0 aromatic heterocycles. The summed E-state index contributed by atoms with van der Waals surface area (Å²) in [6, 6.07) is 0. The predicted octanol–water partition coefficient (Wildman–Crippen LogP) is -0.175. The van der Waals surface area contributed by atoms with Crippen LogP contribution in [0.3, 0.4) is 0 Å². The van der Waals surface area contributed by atoms with E-state index >= 15 is 0 Å². The number of hydrogen-bond donors (Lipinski definition) is 2. The molecule has 0 heterocycles. The van der Waals surface area contributed by atoms with E-state index < -0.39 is 14.8 Å². The van der Waals surface area contributed by atoms with Crippen LogP contribution in [0.15, 0.2) is 0 Å². The van der Waals surface area contributed by atoms with Crippen LogP contribution in [0.2, 0.25) is 0 Å². The SMILES string of the molecule is N#CO.N#CO.[C-]#N.[C-]#N.[C-]#N.[C-]#N.[O]=[Mn]=[O]. The van der Waals surface area contributed by atoms with E-state index in [4.69, 9.17) is 75.7 Å². The Morgan fingerprint density at radius 2 is 0.706 bits per heavy atom. The summed E-state index contributed by atoms with van der Waals surface area (Å²) in [4.78, 5) is 0. The summed E-state index contributed by atoms with van der Waals surface area (Å²) in [5.41, 5.74) is 0. The van der Waals surface area contributed by atoms with Crippen molar-refractivity contribution < 1.29 is 32.7 Å². The van der Waals surface area contributed by atoms with Gasteiger partial charge in [-0.05, 0) is 0 Å². The molecule has 0 saturated carbocycles. The first-order chi connectivity index (χ1) is 8.24. The van der Waals surface area contributed by atoms with Gasteiger partial charge in [0.25, 0.3) is 12.5 Å². The Bertz CT molecular complexity index is 241. The van der Waals surface area contributed by atoms with E-state index in [0.717, 1.165) is 12.5 Å². The Labute approximate surface area is 104 Å². The van der Waals surface area contributed by atoms with Crippen molar-refractivity contribution in [3.8, 4) is 12.5 Å². The first-order valence-electron chi connectivity index (χ1n) is 2.10. The fourth-order valence-corrected chi connectivity index (χ4v) is 0. The molecule has 11 heteroatoms. The van der Waals surface area contributed by atoms with Crippen LogP contribution in [-0.4, -0.2) is 10.2 Å². The molecular formula is C6H2MnN6O4-4. The number of nitriles is 2. The van der Waals surface area contributed by atoms with Gasteiger partial charge < -0.3 is 57.5 Å². The van der Waals surface area contributed by atoms with Gasteiger partial charge in [0.2, 0.25) is 0 Å². The van der Waals surface area contributed by atoms with Gasteiger partial charge >= 0.3 is 22.5 Å². The summed E-state index contributed by atoms with van der Waals surface area (Å²) in [6.45, 7) is 19.0. The molecule has 17 heavy (non-hydrogen) atoms. The molecule has 91 valence electrons. The summed E-state index contributed by atoms with van der Waals surface area (Å²) in [6.07, 6.45) is 1.50. The van der Waals surface area contributed by atoms with Gasteiger partial charge in [0, 0.05) is 0 Å². The Morgan fingerprint density at radius 1 is 0.706 bits per heavy atom. The zero-order valence-electron chi connectivity index (χ0n) is 7.77. The van der Waals surface area contributed by atoms with Crippen molar-refractivity contribution >= 4 is 0 Å². The molecule has 0 aromatic carbocycles. The van der Waals surface area contributed by atoms with Gasteiger partial charge in [0.1, 0.15) is 0 Å². The Morgan fingerprint density at radius 3 is 0.706 bits per heavy atom. The number of hydrogen-bond acceptors (Lipinski definition) is 10. The van der Waals surface area contributed by atoms with Crippen LogP contribution in [0, 0.1) is 70.4 Å². The van der Waals surface area contributed by atoms with Crippen LogP contribution in [-0.2, 0) is 22.5 Å². The van der Waals surface area contributed by atoms with Crippen molar-refractivity contribution in [3.05, 3.63) is 26.3 Å². The molecule has 0 amide bonds. The maximum absolute atomic E-state index is 8.41. The van der Waals surface area contributed by atoms with Gasteiger partial charge in [-0.3, -0.25) is 0 Å². The van der Waals surface area contributed by atoms with Crippen molar-refractivity contribution in [1.82, 2.24) is 0 Å². The Kier molecular flexibility index (Phi) is 43100. The van der Waals surface area contributed by atoms with Crippen molar-refractivity contribution in [2.75, 3.05) is 0 Å². The van der Waals surface area contributed by atoms with E-state index in [2.05, 4.69) is 0 Å². The summed E-state index contributed by atoms with van der Waals surface area (Å²) >= 11 is -1.44. The summed E-state index contributed by atoms with van der Waals surface area (Å²) in [5, 5.41) is 52.5. The van der Waals surface area contributed by atoms with Crippen LogP contribution in [0.1, 0.15) is 0 Å². The summed E-state index contributed by atoms with van der Waals surface area (Å²) in [7, 11) is 0. The monoisotopic (exact) mass is 277 g/mol. The number of nitrogens with zero attached hydrogens (tertiary/aromatic N) is 6. The van der Waals surface area contributed by atoms with Gasteiger partial charge in [-0.1, -0.05) is 0 Å². The second-order valence-electron chi connectivity index (χ2n) is 0.263. The molecule has 2 N–H and O–H groups in total. The minimum atomic E-state index is -1.44. The molecule has 0 aromatic rings. The van der Waals surface area contributed by atoms with Crippen molar-refractivity contribution in [3.63, 3.8) is 0 Å². The minimum absolute atomic E-state index is 0.750. The molecule has 10 nitrogen and oxygen atoms in total. The average Bonchev–Trinajstić information content (AvgIpc) is 2.41. The molecule has 0 bridgehead atoms. The van der Waals surface area contributed by atoms with Crippen LogP contribution >= 0.6 is 0 Å². The molecule has 0 fully saturated rings. The van der Waals surface area contributed by atoms with E-state index in [1.807, 2.05) is 0 Å². The second-order valence-corrected chi connectivity index (χ2v) is 0.460. The third-order valence-electron chi connectivity index (χ3n) is 0. The first kappa shape index (κ1) is 49.4. The normalized spacial score (nSPS) is 2.00. The standard InChI is InChI=1S/2CHNO.4CN.Mn.2O/c2*2-1-3;4*1-2;;;/h2*3H;;;;;;;/q;;4*-1;;;. The molecule has 0 radical (unpaired) electrons. The third kappa shape index (κ3) is 129. The van der Waals surface area contributed by atoms with Gasteiger partial charge in [-0.15, -0.1) is 0 Å². The van der Waals surface area contributed by atoms with E-state index in [0.29, 0.717) is 0 Å². The molecular weight excluding hydrogens is 275 g/mol. The molecule has 0 aliphatic heterocycles. The van der Waals surface area contributed by atoms with Crippen molar-refractivity contribution in [2.24, 2.45) is 0 Å². The van der Waals surface area contributed by atoms with Crippen LogP contribution < -0.4 is 0 Å². The second kappa shape index (κ2) is 14800. The quantitative estimate of drug-likeness (QED) is 0.337.